The molecule has 0 aliphatic carbocycles. The Morgan fingerprint density at radius 1 is 1.22 bits per heavy atom. The Bertz CT molecular complexity index is 42.2. The predicted octanol–water partition coefficient (Wildman–Crippen LogP) is 2.59. The molecule has 0 heterocycles. The molecule has 0 bridgehead atoms. The fraction of sp³-hybridized carbons (Fsp3) is 1.00. The fourth-order valence-electron chi connectivity index (χ4n) is 0.611. The third kappa shape index (κ3) is 8.44. The number of alkyl halides is 1. The van der Waals surface area contributed by atoms with E-state index >= 15 is 0 Å². The van der Waals surface area contributed by atoms with Crippen molar-refractivity contribution in [1.29, 1.82) is 0 Å². The lowest BCUT2D eigenvalue weighted by Gasteiger charge is -1.98. The lowest BCUT2D eigenvalue weighted by Crippen LogP contribution is -1.96. The van der Waals surface area contributed by atoms with Gasteiger partial charge in [-0.15, -0.1) is 0 Å². The molecule has 0 aliphatic rings. The average Bonchev–Trinajstić information content (AvgIpc) is 1.89. The molecule has 9 heavy (non-hydrogen) atoms. The molecule has 0 atom stereocenters. The summed E-state index contributed by atoms with van der Waals surface area (Å²) < 4.78 is 5.24. The van der Waals surface area contributed by atoms with Gasteiger partial charge in [-0.3, -0.25) is 0 Å². The average molecular weight is 195 g/mol. The second kappa shape index (κ2) is 8.44. The number of hydrogen-bond donors (Lipinski definition) is 0. The van der Waals surface area contributed by atoms with Crippen molar-refractivity contribution in [2.75, 3.05) is 18.5 Å². The molecule has 0 aromatic carbocycles. The number of unbranched alkanes of at least 4 members (excludes halogenated alkanes) is 2. The highest BCUT2D eigenvalue weighted by atomic mass is 79.9. The summed E-state index contributed by atoms with van der Waals surface area (Å²) in [6.45, 7) is 3.98. The zero-order valence-electron chi connectivity index (χ0n) is 6.03. The van der Waals surface area contributed by atoms with Gasteiger partial charge in [-0.2, -0.15) is 0 Å². The van der Waals surface area contributed by atoms with Gasteiger partial charge < -0.3 is 4.74 Å². The van der Waals surface area contributed by atoms with Crippen LogP contribution in [0, 0.1) is 0 Å². The van der Waals surface area contributed by atoms with Crippen molar-refractivity contribution in [1.82, 2.24) is 0 Å². The molecule has 1 nitrogen and oxygen atoms in total. The first kappa shape index (κ1) is 9.44. The van der Waals surface area contributed by atoms with Gasteiger partial charge in [0.25, 0.3) is 0 Å². The van der Waals surface area contributed by atoms with Gasteiger partial charge in [-0.25, -0.2) is 0 Å². The highest BCUT2D eigenvalue weighted by molar-refractivity contribution is 9.09. The molecule has 0 fully saturated rings. The van der Waals surface area contributed by atoms with Gasteiger partial charge >= 0.3 is 0 Å². The maximum absolute atomic E-state index is 5.24. The van der Waals surface area contributed by atoms with E-state index in [0.29, 0.717) is 0 Å². The smallest absolute Gasteiger partial charge is 0.0563 e. The van der Waals surface area contributed by atoms with Crippen LogP contribution in [0.15, 0.2) is 0 Å². The zero-order chi connectivity index (χ0) is 6.95. The minimum Gasteiger partial charge on any atom is -0.381 e. The third-order valence-corrected chi connectivity index (χ3v) is 1.44. The first-order valence-electron chi connectivity index (χ1n) is 3.55. The first-order valence-corrected chi connectivity index (χ1v) is 4.67. The van der Waals surface area contributed by atoms with E-state index in [4.69, 9.17) is 4.74 Å². The van der Waals surface area contributed by atoms with Crippen LogP contribution in [0.1, 0.15) is 26.2 Å². The van der Waals surface area contributed by atoms with Crippen molar-refractivity contribution in [2.45, 2.75) is 26.2 Å². The maximum atomic E-state index is 5.24. The Balaban J connectivity index is 2.60. The third-order valence-electron chi connectivity index (χ3n) is 1.11. The van der Waals surface area contributed by atoms with Crippen LogP contribution in [0.4, 0.5) is 0 Å². The fourth-order valence-corrected chi connectivity index (χ4v) is 0.840. The number of ether oxygens (including phenoxy) is 1. The molecule has 0 amide bonds. The van der Waals surface area contributed by atoms with Crippen LogP contribution in [0.5, 0.6) is 0 Å². The van der Waals surface area contributed by atoms with Gasteiger partial charge in [0.05, 0.1) is 6.61 Å². The number of rotatable bonds is 6. The van der Waals surface area contributed by atoms with Crippen LogP contribution >= 0.6 is 15.9 Å². The minimum absolute atomic E-state index is 0.851. The monoisotopic (exact) mass is 194 g/mol. The molecule has 56 valence electrons. The topological polar surface area (TPSA) is 9.23 Å². The van der Waals surface area contributed by atoms with Crippen LogP contribution in [0.3, 0.4) is 0 Å². The summed E-state index contributed by atoms with van der Waals surface area (Å²) in [5, 5.41) is 0.957. The second-order valence-electron chi connectivity index (χ2n) is 2.01. The summed E-state index contributed by atoms with van der Waals surface area (Å²) in [4.78, 5) is 0. The molecule has 0 N–H and O–H groups in total. The molecule has 0 aromatic heterocycles. The van der Waals surface area contributed by atoms with Crippen LogP contribution in [-0.4, -0.2) is 18.5 Å². The van der Waals surface area contributed by atoms with E-state index in [1.165, 1.54) is 19.3 Å². The van der Waals surface area contributed by atoms with E-state index in [-0.39, 0.29) is 0 Å². The van der Waals surface area contributed by atoms with E-state index < -0.39 is 0 Å². The lowest BCUT2D eigenvalue weighted by molar-refractivity contribution is 0.146. The van der Waals surface area contributed by atoms with Crippen molar-refractivity contribution in [2.24, 2.45) is 0 Å². The van der Waals surface area contributed by atoms with Gasteiger partial charge in [0.1, 0.15) is 0 Å². The Labute approximate surface area is 65.9 Å². The molecule has 0 saturated heterocycles. The Morgan fingerprint density at radius 2 is 2.00 bits per heavy atom. The van der Waals surface area contributed by atoms with Crippen molar-refractivity contribution >= 4 is 15.9 Å². The van der Waals surface area contributed by atoms with E-state index in [1.54, 1.807) is 0 Å². The summed E-state index contributed by atoms with van der Waals surface area (Å²) in [7, 11) is 0. The molecule has 0 rings (SSSR count). The van der Waals surface area contributed by atoms with Gasteiger partial charge in [-0.1, -0.05) is 35.7 Å². The summed E-state index contributed by atoms with van der Waals surface area (Å²) in [6.07, 6.45) is 3.78. The van der Waals surface area contributed by atoms with Gasteiger partial charge in [0, 0.05) is 11.9 Å². The minimum atomic E-state index is 0.851. The Morgan fingerprint density at radius 3 is 2.56 bits per heavy atom. The Kier molecular flexibility index (Phi) is 8.85. The van der Waals surface area contributed by atoms with Crippen molar-refractivity contribution in [3.05, 3.63) is 0 Å². The van der Waals surface area contributed by atoms with Crippen LogP contribution in [0.2, 0.25) is 0 Å². The van der Waals surface area contributed by atoms with Crippen LogP contribution in [-0.2, 0) is 4.74 Å². The molecule has 2 heteroatoms. The summed E-state index contributed by atoms with van der Waals surface area (Å²) in [6, 6.07) is 0. The summed E-state index contributed by atoms with van der Waals surface area (Å²) in [5.74, 6) is 0. The molecule has 0 spiro atoms. The molecular formula is C7H15BrO. The Hall–Kier alpha value is 0.440. The van der Waals surface area contributed by atoms with Crippen LogP contribution < -0.4 is 0 Å². The molecular weight excluding hydrogens is 180 g/mol. The first-order chi connectivity index (χ1) is 4.41. The number of halogens is 1. The highest BCUT2D eigenvalue weighted by Crippen LogP contribution is 1.94. The molecule has 0 saturated carbocycles. The molecule has 0 aromatic rings. The quantitative estimate of drug-likeness (QED) is 0.467. The van der Waals surface area contributed by atoms with E-state index in [0.717, 1.165) is 18.5 Å². The predicted molar refractivity (Wildman–Crippen MR) is 44.1 cm³/mol. The number of hydrogen-bond acceptors (Lipinski definition) is 1. The van der Waals surface area contributed by atoms with Crippen molar-refractivity contribution in [3.63, 3.8) is 0 Å². The molecule has 0 radical (unpaired) electrons. The summed E-state index contributed by atoms with van der Waals surface area (Å²) >= 11 is 3.29. The standard InChI is InChI=1S/C7H15BrO/c1-2-3-4-6-9-7-5-8/h2-7H2,1H3. The second-order valence-corrected chi connectivity index (χ2v) is 2.80. The SMILES string of the molecule is CCCCCOCCBr. The van der Waals surface area contributed by atoms with Crippen molar-refractivity contribution < 1.29 is 4.74 Å². The maximum Gasteiger partial charge on any atom is 0.0563 e. The van der Waals surface area contributed by atoms with Gasteiger partial charge in [0.15, 0.2) is 0 Å². The van der Waals surface area contributed by atoms with E-state index in [1.807, 2.05) is 0 Å². The lowest BCUT2D eigenvalue weighted by atomic mass is 10.3. The molecule has 0 unspecified atom stereocenters. The molecule has 0 aliphatic heterocycles. The van der Waals surface area contributed by atoms with Crippen molar-refractivity contribution in [3.8, 4) is 0 Å². The van der Waals surface area contributed by atoms with Gasteiger partial charge in [0.2, 0.25) is 0 Å². The summed E-state index contributed by atoms with van der Waals surface area (Å²) in [5.41, 5.74) is 0. The normalized spacial score (nSPS) is 10.0. The largest absolute Gasteiger partial charge is 0.381 e. The van der Waals surface area contributed by atoms with Crippen LogP contribution in [0.25, 0.3) is 0 Å². The zero-order valence-corrected chi connectivity index (χ0v) is 7.61. The van der Waals surface area contributed by atoms with Gasteiger partial charge in [-0.05, 0) is 6.42 Å². The van der Waals surface area contributed by atoms with E-state index in [9.17, 15) is 0 Å². The van der Waals surface area contributed by atoms with E-state index in [2.05, 4.69) is 22.9 Å². The highest BCUT2D eigenvalue weighted by Gasteiger charge is 1.85.